The van der Waals surface area contributed by atoms with E-state index in [-0.39, 0.29) is 23.6 Å². The summed E-state index contributed by atoms with van der Waals surface area (Å²) in [7, 11) is 0. The van der Waals surface area contributed by atoms with Gasteiger partial charge in [0.05, 0.1) is 12.9 Å². The van der Waals surface area contributed by atoms with Crippen LogP contribution >= 0.6 is 0 Å². The molecule has 7 nitrogen and oxygen atoms in total. The van der Waals surface area contributed by atoms with Crippen LogP contribution < -0.4 is 11.3 Å². The summed E-state index contributed by atoms with van der Waals surface area (Å²) in [5.74, 6) is 0.0621. The first kappa shape index (κ1) is 11.3. The average molecular weight is 235 g/mol. The Bertz CT molecular complexity index is 625. The van der Waals surface area contributed by atoms with Crippen molar-refractivity contribution in [1.82, 2.24) is 19.5 Å². The Hall–Kier alpha value is -2.15. The molecule has 0 fully saturated rings. The minimum Gasteiger partial charge on any atom is -0.392 e. The van der Waals surface area contributed by atoms with E-state index in [0.29, 0.717) is 12.2 Å². The van der Waals surface area contributed by atoms with Crippen LogP contribution in [0.2, 0.25) is 0 Å². The number of anilines is 1. The van der Waals surface area contributed by atoms with Crippen molar-refractivity contribution in [3.63, 3.8) is 0 Å². The van der Waals surface area contributed by atoms with Crippen LogP contribution in [0.3, 0.4) is 0 Å². The van der Waals surface area contributed by atoms with Gasteiger partial charge in [-0.15, -0.1) is 0 Å². The number of aromatic nitrogens is 4. The molecule has 0 saturated heterocycles. The molecule has 0 spiro atoms. The molecule has 2 aromatic rings. The number of aromatic amines is 1. The number of H-pyrrole nitrogens is 1. The van der Waals surface area contributed by atoms with Crippen LogP contribution in [0.4, 0.5) is 5.95 Å². The fourth-order valence-corrected chi connectivity index (χ4v) is 1.42. The summed E-state index contributed by atoms with van der Waals surface area (Å²) in [5, 5.41) is 8.88. The fourth-order valence-electron chi connectivity index (χ4n) is 1.42. The molecule has 90 valence electrons. The largest absolute Gasteiger partial charge is 0.392 e. The van der Waals surface area contributed by atoms with Gasteiger partial charge in [0.15, 0.2) is 11.2 Å². The highest BCUT2D eigenvalue weighted by Crippen LogP contribution is 2.06. The Labute approximate surface area is 96.6 Å². The lowest BCUT2D eigenvalue weighted by molar-refractivity contribution is 0.330. The molecule has 7 heteroatoms. The minimum absolute atomic E-state index is 0.00276. The van der Waals surface area contributed by atoms with E-state index in [9.17, 15) is 4.79 Å². The van der Waals surface area contributed by atoms with Crippen LogP contribution in [0.1, 0.15) is 6.92 Å². The molecule has 4 N–H and O–H groups in total. The number of nitrogens with one attached hydrogen (secondary N) is 1. The zero-order valence-corrected chi connectivity index (χ0v) is 9.34. The summed E-state index contributed by atoms with van der Waals surface area (Å²) in [6.45, 7) is 2.30. The van der Waals surface area contributed by atoms with Gasteiger partial charge in [0.1, 0.15) is 0 Å². The first-order chi connectivity index (χ1) is 8.11. The summed E-state index contributed by atoms with van der Waals surface area (Å²) in [6.07, 6.45) is 3.35. The fraction of sp³-hybridized carbons (Fsp3) is 0.300. The third-order valence-corrected chi connectivity index (χ3v) is 2.38. The smallest absolute Gasteiger partial charge is 0.280 e. The van der Waals surface area contributed by atoms with Crippen molar-refractivity contribution in [1.29, 1.82) is 0 Å². The lowest BCUT2D eigenvalue weighted by Crippen LogP contribution is -2.12. The van der Waals surface area contributed by atoms with Crippen molar-refractivity contribution in [3.8, 4) is 0 Å². The van der Waals surface area contributed by atoms with Crippen LogP contribution in [-0.4, -0.2) is 31.2 Å². The molecule has 0 radical (unpaired) electrons. The maximum absolute atomic E-state index is 11.5. The second kappa shape index (κ2) is 4.38. The molecule has 0 unspecified atom stereocenters. The average Bonchev–Trinajstić information content (AvgIpc) is 2.69. The van der Waals surface area contributed by atoms with Crippen LogP contribution in [-0.2, 0) is 6.54 Å². The lowest BCUT2D eigenvalue weighted by atomic mass is 10.3. The monoisotopic (exact) mass is 235 g/mol. The van der Waals surface area contributed by atoms with Gasteiger partial charge in [-0.3, -0.25) is 9.78 Å². The zero-order valence-electron chi connectivity index (χ0n) is 9.34. The van der Waals surface area contributed by atoms with Crippen molar-refractivity contribution >= 4 is 17.1 Å². The highest BCUT2D eigenvalue weighted by atomic mass is 16.3. The Morgan fingerprint density at radius 2 is 2.47 bits per heavy atom. The van der Waals surface area contributed by atoms with Gasteiger partial charge in [0.25, 0.3) is 5.56 Å². The molecule has 2 aromatic heterocycles. The van der Waals surface area contributed by atoms with Gasteiger partial charge in [-0.1, -0.05) is 11.6 Å². The second-order valence-corrected chi connectivity index (χ2v) is 3.73. The third kappa shape index (κ3) is 2.18. The topological polar surface area (TPSA) is 110 Å². The molecule has 0 aliphatic carbocycles. The molecule has 0 aliphatic rings. The van der Waals surface area contributed by atoms with Crippen molar-refractivity contribution in [2.24, 2.45) is 0 Å². The number of hydrogen-bond donors (Lipinski definition) is 3. The van der Waals surface area contributed by atoms with Crippen molar-refractivity contribution < 1.29 is 5.11 Å². The molecule has 2 rings (SSSR count). The normalized spacial score (nSPS) is 12.2. The van der Waals surface area contributed by atoms with E-state index in [1.165, 1.54) is 6.33 Å². The number of rotatable bonds is 3. The molecule has 0 aliphatic heterocycles. The van der Waals surface area contributed by atoms with Crippen LogP contribution in [0.25, 0.3) is 11.2 Å². The standard InChI is InChI=1S/C10H13N5O2/c1-6(4-16)2-3-15-5-12-7-8(15)13-10(11)14-9(7)17/h2,5,16H,3-4H2,1H3,(H3,11,13,14,17)/b6-2+. The van der Waals surface area contributed by atoms with Gasteiger partial charge >= 0.3 is 0 Å². The first-order valence-electron chi connectivity index (χ1n) is 5.09. The van der Waals surface area contributed by atoms with Crippen molar-refractivity contribution in [2.75, 3.05) is 12.3 Å². The molecule has 0 saturated carbocycles. The second-order valence-electron chi connectivity index (χ2n) is 3.73. The van der Waals surface area contributed by atoms with Gasteiger partial charge in [-0.05, 0) is 6.92 Å². The van der Waals surface area contributed by atoms with Gasteiger partial charge in [0.2, 0.25) is 5.95 Å². The molecule has 0 bridgehead atoms. The lowest BCUT2D eigenvalue weighted by Gasteiger charge is -2.00. The number of nitrogens with two attached hydrogens (primary N) is 1. The summed E-state index contributed by atoms with van der Waals surface area (Å²) < 4.78 is 1.69. The van der Waals surface area contributed by atoms with Gasteiger partial charge in [-0.25, -0.2) is 4.98 Å². The van der Waals surface area contributed by atoms with E-state index >= 15 is 0 Å². The Morgan fingerprint density at radius 1 is 1.71 bits per heavy atom. The maximum Gasteiger partial charge on any atom is 0.280 e. The van der Waals surface area contributed by atoms with Gasteiger partial charge in [-0.2, -0.15) is 4.98 Å². The van der Waals surface area contributed by atoms with E-state index < -0.39 is 0 Å². The van der Waals surface area contributed by atoms with E-state index in [1.807, 2.05) is 13.0 Å². The molecular formula is C10H13N5O2. The number of allylic oxidation sites excluding steroid dienone is 1. The molecule has 0 aromatic carbocycles. The van der Waals surface area contributed by atoms with Crippen LogP contribution in [0.5, 0.6) is 0 Å². The predicted octanol–water partition coefficient (Wildman–Crippen LogP) is -0.360. The van der Waals surface area contributed by atoms with E-state index in [2.05, 4.69) is 15.0 Å². The first-order valence-corrected chi connectivity index (χ1v) is 5.09. The summed E-state index contributed by atoms with van der Waals surface area (Å²) in [5.41, 5.74) is 6.65. The zero-order chi connectivity index (χ0) is 12.4. The Kier molecular flexibility index (Phi) is 2.92. The maximum atomic E-state index is 11.5. The van der Waals surface area contributed by atoms with E-state index in [4.69, 9.17) is 10.8 Å². The molecule has 0 atom stereocenters. The highest BCUT2D eigenvalue weighted by Gasteiger charge is 2.07. The molecule has 2 heterocycles. The van der Waals surface area contributed by atoms with Gasteiger partial charge in [0, 0.05) is 6.54 Å². The Morgan fingerprint density at radius 3 is 3.18 bits per heavy atom. The van der Waals surface area contributed by atoms with Crippen LogP contribution in [0, 0.1) is 0 Å². The van der Waals surface area contributed by atoms with E-state index in [1.54, 1.807) is 4.57 Å². The number of nitrogens with zero attached hydrogens (tertiary/aromatic N) is 3. The quantitative estimate of drug-likeness (QED) is 0.629. The molecule has 0 amide bonds. The molecular weight excluding hydrogens is 222 g/mol. The number of aliphatic hydroxyl groups is 1. The summed E-state index contributed by atoms with van der Waals surface area (Å²) >= 11 is 0. The predicted molar refractivity (Wildman–Crippen MR) is 63.4 cm³/mol. The van der Waals surface area contributed by atoms with Crippen molar-refractivity contribution in [3.05, 3.63) is 28.3 Å². The number of aliphatic hydroxyl groups excluding tert-OH is 1. The van der Waals surface area contributed by atoms with Crippen molar-refractivity contribution in [2.45, 2.75) is 13.5 Å². The summed E-state index contributed by atoms with van der Waals surface area (Å²) in [6, 6.07) is 0. The van der Waals surface area contributed by atoms with E-state index in [0.717, 1.165) is 5.57 Å². The Balaban J connectivity index is 2.46. The number of fused-ring (bicyclic) bond motifs is 1. The summed E-state index contributed by atoms with van der Waals surface area (Å²) in [4.78, 5) is 21.9. The number of nitrogen functional groups attached to an aromatic ring is 1. The minimum atomic E-state index is -0.353. The molecule has 17 heavy (non-hydrogen) atoms. The van der Waals surface area contributed by atoms with Gasteiger partial charge < -0.3 is 15.4 Å². The number of imidazole rings is 1. The van der Waals surface area contributed by atoms with Crippen LogP contribution in [0.15, 0.2) is 22.8 Å². The number of hydrogen-bond acceptors (Lipinski definition) is 5. The SMILES string of the molecule is C/C(=C\Cn1cnc2c(=O)[nH]c(N)nc21)CO. The highest BCUT2D eigenvalue weighted by molar-refractivity contribution is 5.70. The third-order valence-electron chi connectivity index (χ3n) is 2.38.